The highest BCUT2D eigenvalue weighted by atomic mass is 16.6. The molecule has 17 heavy (non-hydrogen) atoms. The van der Waals surface area contributed by atoms with Crippen molar-refractivity contribution in [2.24, 2.45) is 0 Å². The Bertz CT molecular complexity index is 317. The molecule has 1 fully saturated rings. The molecule has 0 aromatic heterocycles. The zero-order valence-electron chi connectivity index (χ0n) is 10.9. The summed E-state index contributed by atoms with van der Waals surface area (Å²) in [5.41, 5.74) is -0.544. The molecule has 1 amide bonds. The normalized spacial score (nSPS) is 24.5. The Morgan fingerprint density at radius 1 is 1.47 bits per heavy atom. The van der Waals surface area contributed by atoms with E-state index >= 15 is 0 Å². The maximum Gasteiger partial charge on any atom is 0.411 e. The first-order valence-corrected chi connectivity index (χ1v) is 5.79. The van der Waals surface area contributed by atoms with E-state index in [0.29, 0.717) is 13.0 Å². The predicted octanol–water partition coefficient (Wildman–Crippen LogP) is 1.92. The van der Waals surface area contributed by atoms with Crippen LogP contribution < -0.4 is 0 Å². The third-order valence-electron chi connectivity index (χ3n) is 2.61. The van der Waals surface area contributed by atoms with Crippen molar-refractivity contribution in [3.05, 3.63) is 0 Å². The number of hydrogen-bond donors (Lipinski definition) is 0. The first-order valence-electron chi connectivity index (χ1n) is 5.79. The molecule has 1 heterocycles. The molecule has 0 N–H and O–H groups in total. The van der Waals surface area contributed by atoms with Gasteiger partial charge in [0.25, 0.3) is 0 Å². The standard InChI is InChI=1S/C12H20N2O3/c1-12(2,3)17-11(15)14-9(7-13)5-6-10(14)8-16-4/h9-10H,5-6,8H2,1-4H3/t9?,10-/m0/s1. The van der Waals surface area contributed by atoms with E-state index in [1.54, 1.807) is 7.11 Å². The molecule has 0 aromatic rings. The van der Waals surface area contributed by atoms with Gasteiger partial charge in [-0.05, 0) is 33.6 Å². The van der Waals surface area contributed by atoms with Crippen molar-refractivity contribution in [2.75, 3.05) is 13.7 Å². The van der Waals surface area contributed by atoms with E-state index in [1.807, 2.05) is 20.8 Å². The summed E-state index contributed by atoms with van der Waals surface area (Å²) >= 11 is 0. The summed E-state index contributed by atoms with van der Waals surface area (Å²) in [4.78, 5) is 13.5. The third-order valence-corrected chi connectivity index (χ3v) is 2.61. The molecule has 1 unspecified atom stereocenters. The maximum absolute atomic E-state index is 12.0. The van der Waals surface area contributed by atoms with E-state index in [0.717, 1.165) is 6.42 Å². The molecule has 0 bridgehead atoms. The van der Waals surface area contributed by atoms with Crippen LogP contribution in [0.4, 0.5) is 4.79 Å². The molecular formula is C12H20N2O3. The Morgan fingerprint density at radius 3 is 2.59 bits per heavy atom. The molecule has 0 spiro atoms. The van der Waals surface area contributed by atoms with Gasteiger partial charge < -0.3 is 9.47 Å². The Kier molecular flexibility index (Phi) is 4.35. The van der Waals surface area contributed by atoms with Gasteiger partial charge in [-0.3, -0.25) is 4.90 Å². The molecular weight excluding hydrogens is 220 g/mol. The molecule has 0 aromatic carbocycles. The molecule has 5 nitrogen and oxygen atoms in total. The molecule has 5 heteroatoms. The minimum absolute atomic E-state index is 0.0560. The van der Waals surface area contributed by atoms with Gasteiger partial charge in [-0.25, -0.2) is 4.79 Å². The lowest BCUT2D eigenvalue weighted by Gasteiger charge is -2.29. The summed E-state index contributed by atoms with van der Waals surface area (Å²) in [6.07, 6.45) is 1.04. The largest absolute Gasteiger partial charge is 0.444 e. The van der Waals surface area contributed by atoms with Crippen LogP contribution in [0.3, 0.4) is 0 Å². The number of amides is 1. The molecule has 2 atom stereocenters. The molecule has 1 saturated heterocycles. The van der Waals surface area contributed by atoms with Crippen LogP contribution in [-0.4, -0.2) is 42.4 Å². The van der Waals surface area contributed by atoms with Crippen LogP contribution in [0.5, 0.6) is 0 Å². The SMILES string of the molecule is COC[C@@H]1CCC(C#N)N1C(=O)OC(C)(C)C. The molecule has 1 aliphatic rings. The van der Waals surface area contributed by atoms with Gasteiger partial charge in [-0.2, -0.15) is 5.26 Å². The molecule has 0 saturated carbocycles. The van der Waals surface area contributed by atoms with Crippen molar-refractivity contribution in [3.8, 4) is 6.07 Å². The number of likely N-dealkylation sites (tertiary alicyclic amines) is 1. The second kappa shape index (κ2) is 5.37. The number of carbonyl (C=O) groups excluding carboxylic acids is 1. The van der Waals surface area contributed by atoms with Crippen molar-refractivity contribution in [1.82, 2.24) is 4.90 Å². The van der Waals surface area contributed by atoms with Crippen LogP contribution in [0.1, 0.15) is 33.6 Å². The number of rotatable bonds is 2. The van der Waals surface area contributed by atoms with Crippen molar-refractivity contribution in [2.45, 2.75) is 51.3 Å². The fourth-order valence-electron chi connectivity index (χ4n) is 1.96. The first-order chi connectivity index (χ1) is 7.89. The van der Waals surface area contributed by atoms with Crippen molar-refractivity contribution >= 4 is 6.09 Å². The second-order valence-electron chi connectivity index (χ2n) is 5.22. The average molecular weight is 240 g/mol. The predicted molar refractivity (Wildman–Crippen MR) is 62.4 cm³/mol. The first kappa shape index (κ1) is 13.8. The van der Waals surface area contributed by atoms with Gasteiger partial charge in [-0.15, -0.1) is 0 Å². The van der Waals surface area contributed by atoms with Gasteiger partial charge >= 0.3 is 6.09 Å². The number of ether oxygens (including phenoxy) is 2. The van der Waals surface area contributed by atoms with E-state index < -0.39 is 17.7 Å². The van der Waals surface area contributed by atoms with E-state index in [9.17, 15) is 4.79 Å². The van der Waals surface area contributed by atoms with Crippen molar-refractivity contribution in [3.63, 3.8) is 0 Å². The monoisotopic (exact) mass is 240 g/mol. The summed E-state index contributed by atoms with van der Waals surface area (Å²) in [6.45, 7) is 5.88. The van der Waals surface area contributed by atoms with E-state index in [4.69, 9.17) is 14.7 Å². The lowest BCUT2D eigenvalue weighted by Crippen LogP contribution is -2.45. The van der Waals surface area contributed by atoms with Gasteiger partial charge in [-0.1, -0.05) is 0 Å². The summed E-state index contributed by atoms with van der Waals surface area (Å²) in [7, 11) is 1.59. The highest BCUT2D eigenvalue weighted by Gasteiger charge is 2.39. The zero-order chi connectivity index (χ0) is 13.1. The maximum atomic E-state index is 12.0. The van der Waals surface area contributed by atoms with Crippen molar-refractivity contribution < 1.29 is 14.3 Å². The fraction of sp³-hybridized carbons (Fsp3) is 0.833. The molecule has 96 valence electrons. The van der Waals surface area contributed by atoms with Crippen LogP contribution in [-0.2, 0) is 9.47 Å². The second-order valence-corrected chi connectivity index (χ2v) is 5.22. The van der Waals surface area contributed by atoms with Crippen LogP contribution in [0, 0.1) is 11.3 Å². The lowest BCUT2D eigenvalue weighted by molar-refractivity contribution is 0.0103. The van der Waals surface area contributed by atoms with Gasteiger partial charge in [0.15, 0.2) is 0 Å². The number of nitrogens with zero attached hydrogens (tertiary/aromatic N) is 2. The highest BCUT2D eigenvalue weighted by molar-refractivity contribution is 5.70. The molecule has 0 aliphatic carbocycles. The fourth-order valence-corrected chi connectivity index (χ4v) is 1.96. The number of hydrogen-bond acceptors (Lipinski definition) is 4. The smallest absolute Gasteiger partial charge is 0.411 e. The summed E-state index contributed by atoms with van der Waals surface area (Å²) < 4.78 is 10.4. The minimum Gasteiger partial charge on any atom is -0.444 e. The Hall–Kier alpha value is -1.28. The van der Waals surface area contributed by atoms with Crippen molar-refractivity contribution in [1.29, 1.82) is 5.26 Å². The average Bonchev–Trinajstić information content (AvgIpc) is 2.58. The Labute approximate surface area is 102 Å². The van der Waals surface area contributed by atoms with Gasteiger partial charge in [0.05, 0.1) is 18.7 Å². The number of nitriles is 1. The quantitative estimate of drug-likeness (QED) is 0.739. The molecule has 1 aliphatic heterocycles. The Balaban J connectivity index is 2.75. The third kappa shape index (κ3) is 3.60. The van der Waals surface area contributed by atoms with Gasteiger partial charge in [0.2, 0.25) is 0 Å². The molecule has 1 rings (SSSR count). The summed E-state index contributed by atoms with van der Waals surface area (Å²) in [6, 6.07) is 1.68. The topological polar surface area (TPSA) is 62.6 Å². The highest BCUT2D eigenvalue weighted by Crippen LogP contribution is 2.26. The summed E-state index contributed by atoms with van der Waals surface area (Å²) in [5.74, 6) is 0. The van der Waals surface area contributed by atoms with Gasteiger partial charge in [0.1, 0.15) is 11.6 Å². The van der Waals surface area contributed by atoms with Crippen LogP contribution in [0.15, 0.2) is 0 Å². The van der Waals surface area contributed by atoms with E-state index in [-0.39, 0.29) is 6.04 Å². The lowest BCUT2D eigenvalue weighted by atomic mass is 10.2. The Morgan fingerprint density at radius 2 is 2.12 bits per heavy atom. The van der Waals surface area contributed by atoms with Crippen LogP contribution in [0.25, 0.3) is 0 Å². The van der Waals surface area contributed by atoms with Crippen LogP contribution >= 0.6 is 0 Å². The van der Waals surface area contributed by atoms with E-state index in [2.05, 4.69) is 6.07 Å². The van der Waals surface area contributed by atoms with Gasteiger partial charge in [0, 0.05) is 7.11 Å². The minimum atomic E-state index is -0.544. The zero-order valence-corrected chi connectivity index (χ0v) is 10.9. The number of carbonyl (C=O) groups is 1. The molecule has 0 radical (unpaired) electrons. The van der Waals surface area contributed by atoms with Crippen LogP contribution in [0.2, 0.25) is 0 Å². The number of methoxy groups -OCH3 is 1. The summed E-state index contributed by atoms with van der Waals surface area (Å²) in [5, 5.41) is 9.03. The van der Waals surface area contributed by atoms with E-state index in [1.165, 1.54) is 4.90 Å².